The molecule has 1 fully saturated rings. The molecule has 2 N–H and O–H groups in total. The van der Waals surface area contributed by atoms with Gasteiger partial charge in [-0.1, -0.05) is 36.4 Å². The quantitative estimate of drug-likeness (QED) is 0.176. The zero-order chi connectivity index (χ0) is 31.7. The van der Waals surface area contributed by atoms with Crippen LogP contribution in [0.25, 0.3) is 22.8 Å². The first-order valence-electron chi connectivity index (χ1n) is 14.5. The van der Waals surface area contributed by atoms with E-state index in [9.17, 15) is 13.2 Å². The van der Waals surface area contributed by atoms with Crippen LogP contribution in [0.3, 0.4) is 0 Å². The highest BCUT2D eigenvalue weighted by Gasteiger charge is 2.35. The van der Waals surface area contributed by atoms with E-state index >= 15 is 0 Å². The van der Waals surface area contributed by atoms with Gasteiger partial charge in [-0.05, 0) is 49.9 Å². The van der Waals surface area contributed by atoms with Crippen LogP contribution in [0.5, 0.6) is 5.88 Å². The van der Waals surface area contributed by atoms with Gasteiger partial charge in [0, 0.05) is 42.5 Å². The van der Waals surface area contributed by atoms with E-state index in [-0.39, 0.29) is 11.9 Å². The maximum atomic E-state index is 13.5. The summed E-state index contributed by atoms with van der Waals surface area (Å²) in [6.07, 6.45) is 1.54. The molecule has 0 amide bonds. The number of alkyl halides is 3. The van der Waals surface area contributed by atoms with Crippen LogP contribution in [0.1, 0.15) is 61.2 Å². The maximum absolute atomic E-state index is 13.5. The van der Waals surface area contributed by atoms with Gasteiger partial charge in [0.1, 0.15) is 24.0 Å². The molecule has 0 radical (unpaired) electrons. The molecule has 1 saturated carbocycles. The number of rotatable bonds is 10. The minimum absolute atomic E-state index is 0.203. The number of nitrogens with two attached hydrogens (primary N) is 1. The Morgan fingerprint density at radius 1 is 0.911 bits per heavy atom. The molecule has 0 atom stereocenters. The van der Waals surface area contributed by atoms with Crippen LogP contribution in [-0.2, 0) is 19.3 Å². The van der Waals surface area contributed by atoms with Crippen LogP contribution in [0.4, 0.5) is 24.8 Å². The molecule has 1 aliphatic carbocycles. The van der Waals surface area contributed by atoms with Gasteiger partial charge in [0.2, 0.25) is 11.8 Å². The molecule has 3 aromatic heterocycles. The van der Waals surface area contributed by atoms with Crippen molar-refractivity contribution in [3.8, 4) is 28.7 Å². The number of benzene rings is 2. The van der Waals surface area contributed by atoms with Gasteiger partial charge in [0.15, 0.2) is 11.5 Å². The first-order chi connectivity index (χ1) is 21.6. The molecule has 0 saturated heterocycles. The second-order valence-electron chi connectivity index (χ2n) is 11.3. The van der Waals surface area contributed by atoms with Crippen molar-refractivity contribution in [3.63, 3.8) is 0 Å². The number of hydrogen-bond donors (Lipinski definition) is 1. The minimum Gasteiger partial charge on any atom is -0.480 e. The van der Waals surface area contributed by atoms with Gasteiger partial charge in [-0.3, -0.25) is 0 Å². The van der Waals surface area contributed by atoms with Crippen molar-refractivity contribution < 1.29 is 17.9 Å². The molecule has 1 aliphatic rings. The molecule has 0 unspecified atom stereocenters. The largest absolute Gasteiger partial charge is 0.480 e. The van der Waals surface area contributed by atoms with Gasteiger partial charge in [-0.15, -0.1) is 0 Å². The van der Waals surface area contributed by atoms with Crippen molar-refractivity contribution in [3.05, 3.63) is 89.9 Å². The Hall–Kier alpha value is -5.07. The fourth-order valence-electron chi connectivity index (χ4n) is 5.13. The normalized spacial score (nSPS) is 13.3. The van der Waals surface area contributed by atoms with E-state index in [4.69, 9.17) is 15.5 Å². The van der Waals surface area contributed by atoms with E-state index in [1.165, 1.54) is 17.2 Å². The molecule has 232 valence electrons. The molecular formula is C32H32F3N9O. The maximum Gasteiger partial charge on any atom is 0.434 e. The second kappa shape index (κ2) is 12.1. The first-order valence-corrected chi connectivity index (χ1v) is 14.5. The van der Waals surface area contributed by atoms with Crippen LogP contribution in [0, 0.1) is 0 Å². The first kappa shape index (κ1) is 30.0. The molecule has 0 aliphatic heterocycles. The predicted molar refractivity (Wildman–Crippen MR) is 163 cm³/mol. The third kappa shape index (κ3) is 6.56. The van der Waals surface area contributed by atoms with Crippen molar-refractivity contribution in [2.75, 3.05) is 17.7 Å². The summed E-state index contributed by atoms with van der Waals surface area (Å²) in [5.74, 6) is 1.81. The monoisotopic (exact) mass is 615 g/mol. The number of ether oxygens (including phenoxy) is 1. The average molecular weight is 616 g/mol. The molecule has 13 heteroatoms. The fraction of sp³-hybridized carbons (Fsp3) is 0.312. The zero-order valence-electron chi connectivity index (χ0n) is 25.0. The molecule has 0 bridgehead atoms. The van der Waals surface area contributed by atoms with Crippen molar-refractivity contribution in [1.82, 2.24) is 34.5 Å². The molecule has 6 rings (SSSR count). The van der Waals surface area contributed by atoms with E-state index in [0.29, 0.717) is 53.5 Å². The summed E-state index contributed by atoms with van der Waals surface area (Å²) < 4.78 is 47.5. The number of methoxy groups -OCH3 is 1. The Balaban J connectivity index is 1.34. The van der Waals surface area contributed by atoms with Gasteiger partial charge in [0.25, 0.3) is 0 Å². The van der Waals surface area contributed by atoms with Crippen LogP contribution in [0.15, 0.2) is 67.4 Å². The van der Waals surface area contributed by atoms with Gasteiger partial charge < -0.3 is 19.9 Å². The number of anilines is 2. The van der Waals surface area contributed by atoms with Crippen molar-refractivity contribution in [2.24, 2.45) is 0 Å². The summed E-state index contributed by atoms with van der Waals surface area (Å²) in [7, 11) is 1.55. The van der Waals surface area contributed by atoms with Crippen LogP contribution >= 0.6 is 0 Å². The second-order valence-corrected chi connectivity index (χ2v) is 11.3. The molecular weight excluding hydrogens is 583 g/mol. The lowest BCUT2D eigenvalue weighted by Gasteiger charge is -2.23. The number of imidazole rings is 1. The van der Waals surface area contributed by atoms with E-state index in [1.807, 2.05) is 55.1 Å². The third-order valence-corrected chi connectivity index (χ3v) is 7.58. The van der Waals surface area contributed by atoms with Crippen molar-refractivity contribution >= 4 is 11.6 Å². The lowest BCUT2D eigenvalue weighted by atomic mass is 10.1. The fourth-order valence-corrected chi connectivity index (χ4v) is 5.13. The van der Waals surface area contributed by atoms with E-state index in [2.05, 4.69) is 24.9 Å². The van der Waals surface area contributed by atoms with E-state index in [1.54, 1.807) is 19.2 Å². The van der Waals surface area contributed by atoms with Crippen molar-refractivity contribution in [1.29, 1.82) is 0 Å². The summed E-state index contributed by atoms with van der Waals surface area (Å²) in [5, 5.41) is 0. The number of hydrogen-bond acceptors (Lipinski definition) is 9. The highest BCUT2D eigenvalue weighted by molar-refractivity contribution is 5.66. The van der Waals surface area contributed by atoms with Crippen LogP contribution < -0.4 is 15.4 Å². The molecule has 5 aromatic rings. The van der Waals surface area contributed by atoms with Crippen LogP contribution in [0.2, 0.25) is 0 Å². The third-order valence-electron chi connectivity index (χ3n) is 7.58. The lowest BCUT2D eigenvalue weighted by Crippen LogP contribution is -2.24. The van der Waals surface area contributed by atoms with E-state index < -0.39 is 11.9 Å². The molecule has 45 heavy (non-hydrogen) atoms. The standard InChI is InChI=1S/C32H32F3N9O/c1-19(2)44-16-25(32(33,34)35)41-29(44)23-8-4-20(5-9-23)14-43(15-21-6-12-24(36)13-7-21)31-40-18-38-28(42-31)26-27(22-10-11-22)37-17-39-30(26)45-3/h4-9,12-13,16-19,22H,10-11,14-15,36H2,1-3H3. The van der Waals surface area contributed by atoms with Gasteiger partial charge in [-0.2, -0.15) is 18.2 Å². The van der Waals surface area contributed by atoms with Crippen molar-refractivity contribution in [2.45, 2.75) is 57.9 Å². The smallest absolute Gasteiger partial charge is 0.434 e. The topological polar surface area (TPSA) is 121 Å². The summed E-state index contributed by atoms with van der Waals surface area (Å²) in [4.78, 5) is 28.6. The predicted octanol–water partition coefficient (Wildman–Crippen LogP) is 6.47. The van der Waals surface area contributed by atoms with Gasteiger partial charge in [0.05, 0.1) is 12.8 Å². The SMILES string of the molecule is COc1ncnc(C2CC2)c1-c1ncnc(N(Cc2ccc(N)cc2)Cc2ccc(-c3nc(C(F)(F)F)cn3C(C)C)cc2)n1. The Morgan fingerprint density at radius 2 is 1.56 bits per heavy atom. The molecule has 0 spiro atoms. The Morgan fingerprint density at radius 3 is 2.16 bits per heavy atom. The van der Waals surface area contributed by atoms with Gasteiger partial charge >= 0.3 is 6.18 Å². The number of aromatic nitrogens is 7. The highest BCUT2D eigenvalue weighted by Crippen LogP contribution is 2.45. The summed E-state index contributed by atoms with van der Waals surface area (Å²) in [5.41, 5.74) is 9.64. The Labute approximate surface area is 258 Å². The number of nitrogen functional groups attached to an aromatic ring is 1. The Bertz CT molecular complexity index is 1780. The molecule has 3 heterocycles. The molecule has 2 aromatic carbocycles. The average Bonchev–Trinajstić information content (AvgIpc) is 3.77. The van der Waals surface area contributed by atoms with E-state index in [0.717, 1.165) is 35.9 Å². The zero-order valence-corrected chi connectivity index (χ0v) is 25.0. The minimum atomic E-state index is -4.53. The number of nitrogens with zero attached hydrogens (tertiary/aromatic N) is 8. The lowest BCUT2D eigenvalue weighted by molar-refractivity contribution is -0.140. The Kier molecular flexibility index (Phi) is 8.09. The molecule has 10 nitrogen and oxygen atoms in total. The number of halogens is 3. The highest BCUT2D eigenvalue weighted by atomic mass is 19.4. The van der Waals surface area contributed by atoms with Gasteiger partial charge in [-0.25, -0.2) is 24.9 Å². The summed E-state index contributed by atoms with van der Waals surface area (Å²) >= 11 is 0. The summed E-state index contributed by atoms with van der Waals surface area (Å²) in [6.45, 7) is 4.50. The van der Waals surface area contributed by atoms with Crippen LogP contribution in [-0.4, -0.2) is 41.6 Å². The summed E-state index contributed by atoms with van der Waals surface area (Å²) in [6, 6.07) is 14.7.